The number of amides is 1. The van der Waals surface area contributed by atoms with Crippen molar-refractivity contribution in [3.63, 3.8) is 0 Å². The summed E-state index contributed by atoms with van der Waals surface area (Å²) in [5, 5.41) is 2.51. The zero-order chi connectivity index (χ0) is 16.0. The van der Waals surface area contributed by atoms with Gasteiger partial charge in [-0.25, -0.2) is 12.8 Å². The minimum Gasteiger partial charge on any atom is -0.379 e. The number of hydrogen-bond acceptors (Lipinski definition) is 4. The topological polar surface area (TPSA) is 72.5 Å². The number of nitrogens with one attached hydrogen (secondary N) is 1. The van der Waals surface area contributed by atoms with Crippen molar-refractivity contribution in [2.45, 2.75) is 18.7 Å². The first kappa shape index (κ1) is 17.9. The van der Waals surface area contributed by atoms with Gasteiger partial charge in [0.2, 0.25) is 0 Å². The number of carbonyl (C=O) groups is 1. The summed E-state index contributed by atoms with van der Waals surface area (Å²) in [5.74, 6) is -1.05. The van der Waals surface area contributed by atoms with Gasteiger partial charge in [0.05, 0.1) is 11.5 Å². The fourth-order valence-electron chi connectivity index (χ4n) is 1.49. The normalized spacial score (nSPS) is 11.7. The number of halogens is 2. The van der Waals surface area contributed by atoms with Crippen molar-refractivity contribution >= 4 is 25.6 Å². The molecule has 0 saturated carbocycles. The van der Waals surface area contributed by atoms with Crippen LogP contribution in [0.4, 0.5) is 4.39 Å². The van der Waals surface area contributed by atoms with Crippen molar-refractivity contribution in [2.24, 2.45) is 5.92 Å². The second-order valence-corrected chi connectivity index (χ2v) is 7.40. The quantitative estimate of drug-likeness (QED) is 0.611. The second-order valence-electron chi connectivity index (χ2n) is 4.84. The van der Waals surface area contributed by atoms with Crippen LogP contribution in [0.5, 0.6) is 0 Å². The molecule has 0 bridgehead atoms. The Balaban J connectivity index is 2.64. The average Bonchev–Trinajstić information content (AvgIpc) is 2.36. The lowest BCUT2D eigenvalue weighted by molar-refractivity contribution is 0.0885. The third-order valence-electron chi connectivity index (χ3n) is 2.40. The van der Waals surface area contributed by atoms with Gasteiger partial charge in [0.25, 0.3) is 15.0 Å². The van der Waals surface area contributed by atoms with Crippen LogP contribution in [-0.4, -0.2) is 34.1 Å². The predicted octanol–water partition coefficient (Wildman–Crippen LogP) is 2.16. The smallest absolute Gasteiger partial charge is 0.261 e. The average molecular weight is 338 g/mol. The highest BCUT2D eigenvalue weighted by atomic mass is 35.7. The van der Waals surface area contributed by atoms with E-state index in [1.807, 2.05) is 13.8 Å². The first-order valence-electron chi connectivity index (χ1n) is 6.31. The van der Waals surface area contributed by atoms with E-state index in [-0.39, 0.29) is 12.1 Å². The zero-order valence-corrected chi connectivity index (χ0v) is 13.3. The van der Waals surface area contributed by atoms with Crippen LogP contribution in [0.2, 0.25) is 0 Å². The van der Waals surface area contributed by atoms with Crippen LogP contribution in [0.15, 0.2) is 23.1 Å². The number of ether oxygens (including phenoxy) is 1. The lowest BCUT2D eigenvalue weighted by Gasteiger charge is -2.08. The molecule has 0 heterocycles. The minimum absolute atomic E-state index is 0.113. The highest BCUT2D eigenvalue weighted by molar-refractivity contribution is 8.13. The molecule has 1 rings (SSSR count). The maximum atomic E-state index is 13.3. The van der Waals surface area contributed by atoms with Gasteiger partial charge in [-0.3, -0.25) is 4.79 Å². The first-order chi connectivity index (χ1) is 9.70. The van der Waals surface area contributed by atoms with E-state index >= 15 is 0 Å². The van der Waals surface area contributed by atoms with Gasteiger partial charge < -0.3 is 10.1 Å². The lowest BCUT2D eigenvalue weighted by atomic mass is 10.2. The molecule has 0 aromatic heterocycles. The molecule has 1 aromatic carbocycles. The van der Waals surface area contributed by atoms with Gasteiger partial charge in [0.1, 0.15) is 5.82 Å². The summed E-state index contributed by atoms with van der Waals surface area (Å²) in [4.78, 5) is 11.3. The summed E-state index contributed by atoms with van der Waals surface area (Å²) in [6.07, 6.45) is 0. The molecule has 8 heteroatoms. The van der Waals surface area contributed by atoms with Gasteiger partial charge in [-0.15, -0.1) is 0 Å². The zero-order valence-electron chi connectivity index (χ0n) is 11.7. The Morgan fingerprint density at radius 1 is 1.38 bits per heavy atom. The molecule has 1 amide bonds. The molecule has 0 unspecified atom stereocenters. The van der Waals surface area contributed by atoms with E-state index in [9.17, 15) is 17.6 Å². The van der Waals surface area contributed by atoms with E-state index in [1.165, 1.54) is 0 Å². The number of hydrogen-bond donors (Lipinski definition) is 1. The Labute approximate surface area is 127 Å². The van der Waals surface area contributed by atoms with Crippen LogP contribution in [0.1, 0.15) is 24.2 Å². The van der Waals surface area contributed by atoms with Gasteiger partial charge in [-0.05, 0) is 24.1 Å². The van der Waals surface area contributed by atoms with Crippen LogP contribution in [0.3, 0.4) is 0 Å². The van der Waals surface area contributed by atoms with Gasteiger partial charge in [0.15, 0.2) is 0 Å². The summed E-state index contributed by atoms with van der Waals surface area (Å²) in [6.45, 7) is 5.13. The van der Waals surface area contributed by atoms with Crippen molar-refractivity contribution in [3.05, 3.63) is 29.6 Å². The Morgan fingerprint density at radius 3 is 2.62 bits per heavy atom. The number of carbonyl (C=O) groups excluding carboxylic acids is 1. The monoisotopic (exact) mass is 337 g/mol. The van der Waals surface area contributed by atoms with E-state index < -0.39 is 25.7 Å². The van der Waals surface area contributed by atoms with Crippen LogP contribution in [0.25, 0.3) is 0 Å². The predicted molar refractivity (Wildman–Crippen MR) is 77.4 cm³/mol. The molecule has 0 spiro atoms. The second kappa shape index (κ2) is 7.72. The molecule has 118 valence electrons. The largest absolute Gasteiger partial charge is 0.379 e. The molecule has 1 aromatic rings. The summed E-state index contributed by atoms with van der Waals surface area (Å²) < 4.78 is 40.9. The van der Waals surface area contributed by atoms with E-state index in [4.69, 9.17) is 15.4 Å². The molecule has 0 aliphatic carbocycles. The van der Waals surface area contributed by atoms with Crippen molar-refractivity contribution in [2.75, 3.05) is 19.8 Å². The van der Waals surface area contributed by atoms with E-state index in [1.54, 1.807) is 0 Å². The van der Waals surface area contributed by atoms with Crippen molar-refractivity contribution in [1.82, 2.24) is 5.32 Å². The third kappa shape index (κ3) is 6.41. The van der Waals surface area contributed by atoms with Crippen molar-refractivity contribution in [1.29, 1.82) is 0 Å². The van der Waals surface area contributed by atoms with Gasteiger partial charge >= 0.3 is 0 Å². The van der Waals surface area contributed by atoms with Crippen LogP contribution in [-0.2, 0) is 13.8 Å². The van der Waals surface area contributed by atoms with Gasteiger partial charge in [-0.2, -0.15) is 0 Å². The first-order valence-corrected chi connectivity index (χ1v) is 8.62. The Bertz CT molecular complexity index is 604. The molecule has 0 fully saturated rings. The Hall–Kier alpha value is -1.18. The van der Waals surface area contributed by atoms with Crippen molar-refractivity contribution < 1.29 is 22.3 Å². The molecule has 0 atom stereocenters. The SMILES string of the molecule is CC(C)COCCNC(=O)c1cc(F)cc(S(=O)(=O)Cl)c1. The van der Waals surface area contributed by atoms with Gasteiger partial charge in [-0.1, -0.05) is 13.8 Å². The third-order valence-corrected chi connectivity index (χ3v) is 3.73. The lowest BCUT2D eigenvalue weighted by Crippen LogP contribution is -2.27. The van der Waals surface area contributed by atoms with Crippen molar-refractivity contribution in [3.8, 4) is 0 Å². The van der Waals surface area contributed by atoms with Crippen LogP contribution in [0, 0.1) is 11.7 Å². The maximum absolute atomic E-state index is 13.3. The van der Waals surface area contributed by atoms with E-state index in [2.05, 4.69) is 5.32 Å². The summed E-state index contributed by atoms with van der Waals surface area (Å²) in [6, 6.07) is 2.72. The molecule has 1 N–H and O–H groups in total. The standard InChI is InChI=1S/C13H17ClFNO4S/c1-9(2)8-20-4-3-16-13(17)10-5-11(15)7-12(6-10)21(14,18)19/h5-7,9H,3-4,8H2,1-2H3,(H,16,17). The van der Waals surface area contributed by atoms with Gasteiger partial charge in [0, 0.05) is 29.4 Å². The van der Waals surface area contributed by atoms with E-state index in [0.29, 0.717) is 19.1 Å². The summed E-state index contributed by atoms with van der Waals surface area (Å²) in [5.41, 5.74) is -0.113. The summed E-state index contributed by atoms with van der Waals surface area (Å²) >= 11 is 0. The van der Waals surface area contributed by atoms with Crippen LogP contribution < -0.4 is 5.32 Å². The molecular weight excluding hydrogens is 321 g/mol. The summed E-state index contributed by atoms with van der Waals surface area (Å²) in [7, 11) is 1.04. The Kier molecular flexibility index (Phi) is 6.57. The van der Waals surface area contributed by atoms with E-state index in [0.717, 1.165) is 18.2 Å². The Morgan fingerprint density at radius 2 is 2.05 bits per heavy atom. The fraction of sp³-hybridized carbons (Fsp3) is 0.462. The number of benzene rings is 1. The maximum Gasteiger partial charge on any atom is 0.261 e. The molecule has 21 heavy (non-hydrogen) atoms. The highest BCUT2D eigenvalue weighted by Crippen LogP contribution is 2.18. The molecule has 0 aliphatic rings. The fourth-order valence-corrected chi connectivity index (χ4v) is 2.28. The molecule has 0 saturated heterocycles. The molecular formula is C13H17ClFNO4S. The minimum atomic E-state index is -4.09. The molecule has 0 radical (unpaired) electrons. The highest BCUT2D eigenvalue weighted by Gasteiger charge is 2.15. The number of rotatable bonds is 7. The molecule has 5 nitrogen and oxygen atoms in total. The van der Waals surface area contributed by atoms with Crippen LogP contribution >= 0.6 is 10.7 Å². The molecule has 0 aliphatic heterocycles.